The Morgan fingerprint density at radius 1 is 1.36 bits per heavy atom. The van der Waals surface area contributed by atoms with Gasteiger partial charge in [0.05, 0.1) is 0 Å². The molecule has 1 aromatic carbocycles. The minimum absolute atomic E-state index is 0.0441. The predicted molar refractivity (Wildman–Crippen MR) is 55.2 cm³/mol. The van der Waals surface area contributed by atoms with Crippen LogP contribution in [0.15, 0.2) is 43.0 Å². The second-order valence-corrected chi connectivity index (χ2v) is 3.34. The van der Waals surface area contributed by atoms with Crippen LogP contribution in [0, 0.1) is 0 Å². The Balaban J connectivity index is 1.76. The molecule has 0 bridgehead atoms. The van der Waals surface area contributed by atoms with Crippen molar-refractivity contribution in [2.24, 2.45) is 0 Å². The molecule has 1 aromatic rings. The summed E-state index contributed by atoms with van der Waals surface area (Å²) in [6, 6.07) is 9.75. The highest BCUT2D eigenvalue weighted by molar-refractivity contribution is 5.21. The van der Waals surface area contributed by atoms with Crippen molar-refractivity contribution in [3.05, 3.63) is 43.0 Å². The summed E-state index contributed by atoms with van der Waals surface area (Å²) in [5.74, 6) is 0.874. The zero-order valence-corrected chi connectivity index (χ0v) is 8.06. The summed E-state index contributed by atoms with van der Waals surface area (Å²) in [7, 11) is 0. The lowest BCUT2D eigenvalue weighted by molar-refractivity contribution is 0.178. The van der Waals surface area contributed by atoms with Crippen molar-refractivity contribution in [2.75, 3.05) is 0 Å². The Bertz CT molecular complexity index is 294. The first-order chi connectivity index (χ1) is 6.90. The lowest BCUT2D eigenvalue weighted by atomic mass is 10.2. The number of hydrogen-bond donors (Lipinski definition) is 0. The summed E-state index contributed by atoms with van der Waals surface area (Å²) < 4.78 is 10.9. The number of ether oxygens (including phenoxy) is 2. The number of hydrogen-bond acceptors (Lipinski definition) is 2. The molecule has 1 aliphatic rings. The summed E-state index contributed by atoms with van der Waals surface area (Å²) in [6.45, 7) is 3.67. The lowest BCUT2D eigenvalue weighted by Crippen LogP contribution is -2.02. The average Bonchev–Trinajstić information content (AvgIpc) is 2.95. The maximum Gasteiger partial charge on any atom is 0.227 e. The summed E-state index contributed by atoms with van der Waals surface area (Å²) in [5, 5.41) is 0. The molecule has 0 amide bonds. The lowest BCUT2D eigenvalue weighted by Gasteiger charge is -2.00. The maximum absolute atomic E-state index is 5.58. The third kappa shape index (κ3) is 2.36. The van der Waals surface area contributed by atoms with Crippen molar-refractivity contribution in [1.29, 1.82) is 0 Å². The van der Waals surface area contributed by atoms with E-state index < -0.39 is 0 Å². The molecule has 2 rings (SSSR count). The van der Waals surface area contributed by atoms with Crippen molar-refractivity contribution in [1.82, 2.24) is 0 Å². The molecule has 2 atom stereocenters. The third-order valence-electron chi connectivity index (χ3n) is 2.19. The molecule has 1 saturated heterocycles. The van der Waals surface area contributed by atoms with Gasteiger partial charge >= 0.3 is 0 Å². The highest BCUT2D eigenvalue weighted by Gasteiger charge is 2.40. The Kier molecular flexibility index (Phi) is 2.84. The minimum atomic E-state index is -0.0441. The van der Waals surface area contributed by atoms with E-state index in [1.165, 1.54) is 0 Å². The van der Waals surface area contributed by atoms with E-state index in [-0.39, 0.29) is 12.4 Å². The van der Waals surface area contributed by atoms with E-state index in [9.17, 15) is 0 Å². The maximum atomic E-state index is 5.58. The number of para-hydroxylation sites is 1. The van der Waals surface area contributed by atoms with Crippen LogP contribution < -0.4 is 4.74 Å². The molecule has 1 aliphatic heterocycles. The van der Waals surface area contributed by atoms with Gasteiger partial charge in [-0.15, -0.1) is 6.58 Å². The smallest absolute Gasteiger partial charge is 0.227 e. The largest absolute Gasteiger partial charge is 0.462 e. The molecule has 0 aliphatic carbocycles. The van der Waals surface area contributed by atoms with Crippen LogP contribution in [0.25, 0.3) is 0 Å². The van der Waals surface area contributed by atoms with E-state index in [2.05, 4.69) is 6.58 Å². The van der Waals surface area contributed by atoms with Gasteiger partial charge in [0.1, 0.15) is 11.9 Å². The van der Waals surface area contributed by atoms with Gasteiger partial charge in [-0.1, -0.05) is 24.3 Å². The van der Waals surface area contributed by atoms with Crippen molar-refractivity contribution >= 4 is 0 Å². The molecule has 0 radical (unpaired) electrons. The van der Waals surface area contributed by atoms with E-state index in [1.807, 2.05) is 36.4 Å². The normalized spacial score (nSPS) is 24.3. The first-order valence-electron chi connectivity index (χ1n) is 4.88. The molecule has 0 aromatic heterocycles. The highest BCUT2D eigenvalue weighted by atomic mass is 16.8. The Morgan fingerprint density at radius 2 is 2.14 bits per heavy atom. The summed E-state index contributed by atoms with van der Waals surface area (Å²) >= 11 is 0. The minimum Gasteiger partial charge on any atom is -0.462 e. The Hall–Kier alpha value is -1.28. The number of rotatable bonds is 5. The zero-order valence-electron chi connectivity index (χ0n) is 8.06. The molecule has 0 N–H and O–H groups in total. The van der Waals surface area contributed by atoms with Crippen molar-refractivity contribution in [3.8, 4) is 5.75 Å². The van der Waals surface area contributed by atoms with Crippen LogP contribution in [-0.2, 0) is 4.74 Å². The Morgan fingerprint density at radius 3 is 2.86 bits per heavy atom. The van der Waals surface area contributed by atoms with Gasteiger partial charge in [0.2, 0.25) is 6.29 Å². The van der Waals surface area contributed by atoms with Crippen LogP contribution in [0.4, 0.5) is 0 Å². The number of benzene rings is 1. The molecule has 1 heterocycles. The SMILES string of the molecule is C=CCCC1OC1Oc1ccccc1. The van der Waals surface area contributed by atoms with Gasteiger partial charge in [0.15, 0.2) is 0 Å². The van der Waals surface area contributed by atoms with Gasteiger partial charge in [-0.3, -0.25) is 0 Å². The number of epoxide rings is 1. The van der Waals surface area contributed by atoms with Gasteiger partial charge < -0.3 is 9.47 Å². The van der Waals surface area contributed by atoms with Gasteiger partial charge in [-0.2, -0.15) is 0 Å². The summed E-state index contributed by atoms with van der Waals surface area (Å²) in [4.78, 5) is 0. The fraction of sp³-hybridized carbons (Fsp3) is 0.333. The highest BCUT2D eigenvalue weighted by Crippen LogP contribution is 2.29. The predicted octanol–water partition coefficient (Wildman–Crippen LogP) is 2.76. The molecule has 0 saturated carbocycles. The van der Waals surface area contributed by atoms with Crippen LogP contribution in [0.3, 0.4) is 0 Å². The third-order valence-corrected chi connectivity index (χ3v) is 2.19. The zero-order chi connectivity index (χ0) is 9.80. The summed E-state index contributed by atoms with van der Waals surface area (Å²) in [6.07, 6.45) is 4.10. The molecule has 2 nitrogen and oxygen atoms in total. The molecule has 1 fully saturated rings. The second-order valence-electron chi connectivity index (χ2n) is 3.34. The van der Waals surface area contributed by atoms with Crippen LogP contribution >= 0.6 is 0 Å². The monoisotopic (exact) mass is 190 g/mol. The summed E-state index contributed by atoms with van der Waals surface area (Å²) in [5.41, 5.74) is 0. The quantitative estimate of drug-likeness (QED) is 0.526. The molecular weight excluding hydrogens is 176 g/mol. The molecular formula is C12H14O2. The Labute approximate surface area is 84.2 Å². The molecule has 0 spiro atoms. The van der Waals surface area contributed by atoms with Crippen molar-refractivity contribution in [3.63, 3.8) is 0 Å². The van der Waals surface area contributed by atoms with Gasteiger partial charge in [0, 0.05) is 0 Å². The number of allylic oxidation sites excluding steroid dienone is 1. The van der Waals surface area contributed by atoms with Gasteiger partial charge in [-0.25, -0.2) is 0 Å². The van der Waals surface area contributed by atoms with Crippen LogP contribution in [0.5, 0.6) is 5.75 Å². The van der Waals surface area contributed by atoms with Crippen LogP contribution in [0.1, 0.15) is 12.8 Å². The van der Waals surface area contributed by atoms with E-state index in [0.29, 0.717) is 0 Å². The van der Waals surface area contributed by atoms with Crippen molar-refractivity contribution < 1.29 is 9.47 Å². The molecule has 2 unspecified atom stereocenters. The van der Waals surface area contributed by atoms with Crippen molar-refractivity contribution in [2.45, 2.75) is 25.2 Å². The molecule has 14 heavy (non-hydrogen) atoms. The van der Waals surface area contributed by atoms with Crippen LogP contribution in [-0.4, -0.2) is 12.4 Å². The fourth-order valence-corrected chi connectivity index (χ4v) is 1.35. The molecule has 74 valence electrons. The van der Waals surface area contributed by atoms with E-state index in [0.717, 1.165) is 18.6 Å². The second kappa shape index (κ2) is 4.29. The average molecular weight is 190 g/mol. The first-order valence-corrected chi connectivity index (χ1v) is 4.88. The van der Waals surface area contributed by atoms with E-state index in [4.69, 9.17) is 9.47 Å². The molecule has 2 heteroatoms. The first kappa shape index (κ1) is 9.28. The van der Waals surface area contributed by atoms with Crippen LogP contribution in [0.2, 0.25) is 0 Å². The van der Waals surface area contributed by atoms with Gasteiger partial charge in [-0.05, 0) is 25.0 Å². The topological polar surface area (TPSA) is 21.8 Å². The van der Waals surface area contributed by atoms with Gasteiger partial charge in [0.25, 0.3) is 0 Å². The van der Waals surface area contributed by atoms with E-state index >= 15 is 0 Å². The fourth-order valence-electron chi connectivity index (χ4n) is 1.35. The van der Waals surface area contributed by atoms with E-state index in [1.54, 1.807) is 0 Å². The standard InChI is InChI=1S/C12H14O2/c1-2-3-9-11-12(14-11)13-10-7-5-4-6-8-10/h2,4-8,11-12H,1,3,9H2.